The molecule has 17 heavy (non-hydrogen) atoms. The SMILES string of the molecule is COC(=O)C(C)(C)C(C)(C)C(Br)CC(Cl)(Cl)Cl. The van der Waals surface area contributed by atoms with Gasteiger partial charge in [-0.05, 0) is 19.3 Å². The van der Waals surface area contributed by atoms with Crippen molar-refractivity contribution in [3.63, 3.8) is 0 Å². The monoisotopic (exact) mass is 366 g/mol. The van der Waals surface area contributed by atoms with Crippen LogP contribution in [-0.4, -0.2) is 21.7 Å². The third-order valence-corrected chi connectivity index (χ3v) is 5.43. The van der Waals surface area contributed by atoms with Gasteiger partial charge in [0.15, 0.2) is 3.79 Å². The van der Waals surface area contributed by atoms with Crippen LogP contribution in [-0.2, 0) is 9.53 Å². The molecule has 0 radical (unpaired) electrons. The Balaban J connectivity index is 5.05. The van der Waals surface area contributed by atoms with Crippen molar-refractivity contribution in [3.8, 4) is 0 Å². The van der Waals surface area contributed by atoms with Gasteiger partial charge in [-0.3, -0.25) is 4.79 Å². The molecule has 0 spiro atoms. The maximum atomic E-state index is 11.8. The lowest BCUT2D eigenvalue weighted by Gasteiger charge is -2.43. The Hall–Kier alpha value is 0.820. The van der Waals surface area contributed by atoms with Gasteiger partial charge in [0.25, 0.3) is 0 Å². The van der Waals surface area contributed by atoms with Crippen molar-refractivity contribution in [3.05, 3.63) is 0 Å². The zero-order chi connectivity index (χ0) is 14.1. The first kappa shape index (κ1) is 17.8. The average Bonchev–Trinajstić information content (AvgIpc) is 2.13. The largest absolute Gasteiger partial charge is 0.469 e. The lowest BCUT2D eigenvalue weighted by molar-refractivity contribution is -0.157. The minimum absolute atomic E-state index is 0.128. The predicted molar refractivity (Wildman–Crippen MR) is 77.2 cm³/mol. The van der Waals surface area contributed by atoms with Gasteiger partial charge in [0.1, 0.15) is 0 Å². The fraction of sp³-hybridized carbons (Fsp3) is 0.909. The standard InChI is InChI=1S/C11H18BrCl3O2/c1-9(2,7(12)6-11(13,14)15)10(3,4)8(16)17-5/h7H,6H2,1-5H3. The van der Waals surface area contributed by atoms with E-state index in [1.54, 1.807) is 0 Å². The van der Waals surface area contributed by atoms with Crippen LogP contribution in [0.2, 0.25) is 0 Å². The Bertz CT molecular complexity index is 285. The van der Waals surface area contributed by atoms with Crippen molar-refractivity contribution in [1.82, 2.24) is 0 Å². The van der Waals surface area contributed by atoms with E-state index in [1.165, 1.54) is 7.11 Å². The summed E-state index contributed by atoms with van der Waals surface area (Å²) in [5.41, 5.74) is -1.12. The van der Waals surface area contributed by atoms with Crippen LogP contribution in [0.25, 0.3) is 0 Å². The van der Waals surface area contributed by atoms with Gasteiger partial charge in [-0.25, -0.2) is 0 Å². The van der Waals surface area contributed by atoms with Crippen LogP contribution >= 0.6 is 50.7 Å². The van der Waals surface area contributed by atoms with Crippen LogP contribution in [0.5, 0.6) is 0 Å². The number of rotatable bonds is 4. The number of ether oxygens (including phenoxy) is 1. The van der Waals surface area contributed by atoms with Gasteiger partial charge in [0.2, 0.25) is 0 Å². The fourth-order valence-corrected chi connectivity index (χ4v) is 3.45. The summed E-state index contributed by atoms with van der Waals surface area (Å²) in [6.45, 7) is 7.54. The molecule has 1 unspecified atom stereocenters. The maximum Gasteiger partial charge on any atom is 0.311 e. The van der Waals surface area contributed by atoms with Gasteiger partial charge in [-0.15, -0.1) is 0 Å². The molecule has 0 heterocycles. The second-order valence-corrected chi connectivity index (χ2v) is 8.75. The highest BCUT2D eigenvalue weighted by Crippen LogP contribution is 2.49. The maximum absolute atomic E-state index is 11.8. The van der Waals surface area contributed by atoms with Crippen LogP contribution in [0.15, 0.2) is 0 Å². The van der Waals surface area contributed by atoms with Gasteiger partial charge in [0, 0.05) is 11.2 Å². The zero-order valence-corrected chi connectivity index (χ0v) is 14.5. The topological polar surface area (TPSA) is 26.3 Å². The molecule has 0 aromatic rings. The lowest BCUT2D eigenvalue weighted by atomic mass is 9.65. The van der Waals surface area contributed by atoms with Crippen LogP contribution < -0.4 is 0 Å². The highest BCUT2D eigenvalue weighted by Gasteiger charge is 2.49. The highest BCUT2D eigenvalue weighted by molar-refractivity contribution is 9.09. The quantitative estimate of drug-likeness (QED) is 0.529. The molecular formula is C11H18BrCl3O2. The van der Waals surface area contributed by atoms with Crippen LogP contribution in [0.3, 0.4) is 0 Å². The lowest BCUT2D eigenvalue weighted by Crippen LogP contribution is -2.46. The molecule has 0 aliphatic heterocycles. The van der Waals surface area contributed by atoms with Crippen LogP contribution in [0, 0.1) is 10.8 Å². The molecule has 1 atom stereocenters. The molecule has 0 saturated carbocycles. The summed E-state index contributed by atoms with van der Waals surface area (Å²) in [7, 11) is 1.37. The van der Waals surface area contributed by atoms with E-state index in [0.29, 0.717) is 6.42 Å². The molecule has 0 aliphatic carbocycles. The number of carbonyl (C=O) groups is 1. The molecule has 0 saturated heterocycles. The predicted octanol–water partition coefficient (Wildman–Crippen LogP) is 4.74. The molecule has 0 aromatic heterocycles. The third-order valence-electron chi connectivity index (χ3n) is 3.50. The Morgan fingerprint density at radius 2 is 1.65 bits per heavy atom. The van der Waals surface area contributed by atoms with Crippen molar-refractivity contribution >= 4 is 56.7 Å². The summed E-state index contributed by atoms with van der Waals surface area (Å²) in [5, 5.41) is 0. The van der Waals surface area contributed by atoms with Crippen molar-refractivity contribution in [2.24, 2.45) is 10.8 Å². The Kier molecular flexibility index (Phi) is 6.13. The Labute approximate surface area is 126 Å². The first-order chi connectivity index (χ1) is 7.36. The number of esters is 1. The number of hydrogen-bond donors (Lipinski definition) is 0. The molecule has 0 rings (SSSR count). The Morgan fingerprint density at radius 3 is 1.94 bits per heavy atom. The van der Waals surface area contributed by atoms with Gasteiger partial charge in [0.05, 0.1) is 12.5 Å². The molecule has 0 fully saturated rings. The molecule has 6 heteroatoms. The van der Waals surface area contributed by atoms with Crippen LogP contribution in [0.1, 0.15) is 34.1 Å². The normalized spacial score (nSPS) is 15.6. The van der Waals surface area contributed by atoms with Crippen molar-refractivity contribution in [1.29, 1.82) is 0 Å². The molecule has 0 amide bonds. The van der Waals surface area contributed by atoms with Gasteiger partial charge < -0.3 is 4.74 Å². The van der Waals surface area contributed by atoms with E-state index in [1.807, 2.05) is 27.7 Å². The van der Waals surface area contributed by atoms with E-state index in [9.17, 15) is 4.79 Å². The summed E-state index contributed by atoms with van der Waals surface area (Å²) in [6, 6.07) is 0. The molecule has 0 aliphatic rings. The minimum Gasteiger partial charge on any atom is -0.469 e. The highest BCUT2D eigenvalue weighted by atomic mass is 79.9. The molecule has 102 valence electrons. The molecule has 0 N–H and O–H groups in total. The average molecular weight is 369 g/mol. The van der Waals surface area contributed by atoms with Gasteiger partial charge in [-0.2, -0.15) is 0 Å². The zero-order valence-electron chi connectivity index (χ0n) is 10.6. The van der Waals surface area contributed by atoms with E-state index >= 15 is 0 Å². The summed E-state index contributed by atoms with van der Waals surface area (Å²) >= 11 is 20.9. The summed E-state index contributed by atoms with van der Waals surface area (Å²) in [6.07, 6.45) is 0.311. The number of halogens is 4. The second-order valence-electron chi connectivity index (χ2n) is 5.13. The van der Waals surface area contributed by atoms with Crippen molar-refractivity contribution in [2.45, 2.75) is 42.7 Å². The van der Waals surface area contributed by atoms with Crippen LogP contribution in [0.4, 0.5) is 0 Å². The van der Waals surface area contributed by atoms with E-state index < -0.39 is 14.6 Å². The summed E-state index contributed by atoms with van der Waals surface area (Å²) in [4.78, 5) is 11.7. The smallest absolute Gasteiger partial charge is 0.311 e. The van der Waals surface area contributed by atoms with Gasteiger partial charge in [-0.1, -0.05) is 64.6 Å². The Morgan fingerprint density at radius 1 is 1.24 bits per heavy atom. The third kappa shape index (κ3) is 4.45. The van der Waals surface area contributed by atoms with Crippen molar-refractivity contribution in [2.75, 3.05) is 7.11 Å². The second kappa shape index (κ2) is 5.85. The van der Waals surface area contributed by atoms with Crippen molar-refractivity contribution < 1.29 is 9.53 Å². The first-order valence-electron chi connectivity index (χ1n) is 5.15. The summed E-state index contributed by atoms with van der Waals surface area (Å²) < 4.78 is 3.47. The molecule has 0 aromatic carbocycles. The number of hydrogen-bond acceptors (Lipinski definition) is 2. The minimum atomic E-state index is -1.35. The molecule has 2 nitrogen and oxygen atoms in total. The van der Waals surface area contributed by atoms with E-state index in [4.69, 9.17) is 39.5 Å². The van der Waals surface area contributed by atoms with Gasteiger partial charge >= 0.3 is 5.97 Å². The number of carbonyl (C=O) groups excluding carboxylic acids is 1. The van der Waals surface area contributed by atoms with E-state index in [0.717, 1.165) is 0 Å². The van der Waals surface area contributed by atoms with E-state index in [2.05, 4.69) is 15.9 Å². The fourth-order valence-electron chi connectivity index (χ4n) is 1.37. The summed E-state index contributed by atoms with van der Waals surface area (Å²) in [5.74, 6) is -0.281. The first-order valence-corrected chi connectivity index (χ1v) is 7.20. The van der Waals surface area contributed by atoms with E-state index in [-0.39, 0.29) is 10.8 Å². The number of methoxy groups -OCH3 is 1. The molecule has 0 bridgehead atoms. The molecular weight excluding hydrogens is 350 g/mol. The number of alkyl halides is 4.